The van der Waals surface area contributed by atoms with E-state index in [2.05, 4.69) is 4.99 Å². The van der Waals surface area contributed by atoms with Gasteiger partial charge in [-0.2, -0.15) is 0 Å². The lowest BCUT2D eigenvalue weighted by Gasteiger charge is -2.05. The number of fused-ring (bicyclic) bond motifs is 1. The van der Waals surface area contributed by atoms with Gasteiger partial charge in [-0.05, 0) is 48.6 Å². The van der Waals surface area contributed by atoms with Gasteiger partial charge in [0.25, 0.3) is 5.91 Å². The number of rotatable bonds is 3. The standard InChI is InChI=1S/C20H14N2O3S2/c1-25-14-8-6-12(7-9-14)18(23)22-19(24)17(27-20(22)26)10-13-11-21-16-5-3-2-4-15(13)16/h2-11,24H,1H3/b13-10+. The van der Waals surface area contributed by atoms with Crippen molar-refractivity contribution in [3.8, 4) is 11.6 Å². The largest absolute Gasteiger partial charge is 0.497 e. The number of nitrogens with zero attached hydrogens (tertiary/aromatic N) is 2. The van der Waals surface area contributed by atoms with E-state index in [0.29, 0.717) is 16.2 Å². The number of carbonyl (C=O) groups is 1. The second-order valence-electron chi connectivity index (χ2n) is 5.80. The van der Waals surface area contributed by atoms with Crippen LogP contribution in [-0.2, 0) is 0 Å². The first kappa shape index (κ1) is 17.4. The fourth-order valence-corrected chi connectivity index (χ4v) is 4.07. The van der Waals surface area contributed by atoms with Crippen molar-refractivity contribution in [2.24, 2.45) is 4.99 Å². The van der Waals surface area contributed by atoms with Crippen LogP contribution in [-0.4, -0.2) is 28.9 Å². The fourth-order valence-electron chi connectivity index (χ4n) is 2.81. The molecule has 0 fully saturated rings. The van der Waals surface area contributed by atoms with Crippen molar-refractivity contribution in [2.45, 2.75) is 0 Å². The average molecular weight is 394 g/mol. The molecule has 1 N–H and O–H groups in total. The van der Waals surface area contributed by atoms with Gasteiger partial charge in [-0.25, -0.2) is 4.57 Å². The maximum Gasteiger partial charge on any atom is 0.266 e. The Morgan fingerprint density at radius 3 is 2.70 bits per heavy atom. The minimum Gasteiger partial charge on any atom is -0.497 e. The van der Waals surface area contributed by atoms with Crippen LogP contribution in [0.15, 0.2) is 53.5 Å². The van der Waals surface area contributed by atoms with Gasteiger partial charge in [-0.3, -0.25) is 9.79 Å². The molecule has 2 aromatic carbocycles. The monoisotopic (exact) mass is 394 g/mol. The van der Waals surface area contributed by atoms with Crippen LogP contribution in [0.25, 0.3) is 11.6 Å². The molecule has 0 saturated carbocycles. The predicted molar refractivity (Wildman–Crippen MR) is 110 cm³/mol. The van der Waals surface area contributed by atoms with Crippen molar-refractivity contribution in [3.05, 3.63) is 68.5 Å². The Morgan fingerprint density at radius 1 is 1.22 bits per heavy atom. The number of hydrogen-bond acceptors (Lipinski definition) is 6. The van der Waals surface area contributed by atoms with Crippen molar-refractivity contribution in [1.29, 1.82) is 0 Å². The summed E-state index contributed by atoms with van der Waals surface area (Å²) >= 11 is 6.49. The summed E-state index contributed by atoms with van der Waals surface area (Å²) in [7, 11) is 1.56. The minimum absolute atomic E-state index is 0.170. The van der Waals surface area contributed by atoms with Gasteiger partial charge in [0, 0.05) is 22.9 Å². The predicted octanol–water partition coefficient (Wildman–Crippen LogP) is 4.94. The first-order chi connectivity index (χ1) is 13.1. The van der Waals surface area contributed by atoms with Crippen molar-refractivity contribution in [1.82, 2.24) is 4.57 Å². The molecule has 2 heterocycles. The van der Waals surface area contributed by atoms with E-state index < -0.39 is 0 Å². The highest BCUT2D eigenvalue weighted by atomic mass is 32.1. The highest BCUT2D eigenvalue weighted by molar-refractivity contribution is 7.73. The lowest BCUT2D eigenvalue weighted by Crippen LogP contribution is -2.11. The molecule has 0 saturated heterocycles. The quantitative estimate of drug-likeness (QED) is 0.639. The number of thiazole rings is 1. The van der Waals surface area contributed by atoms with Gasteiger partial charge in [-0.1, -0.05) is 18.2 Å². The van der Waals surface area contributed by atoms with Crippen molar-refractivity contribution in [2.75, 3.05) is 7.11 Å². The van der Waals surface area contributed by atoms with Gasteiger partial charge in [0.1, 0.15) is 5.75 Å². The summed E-state index contributed by atoms with van der Waals surface area (Å²) in [5.41, 5.74) is 3.12. The van der Waals surface area contributed by atoms with Crippen LogP contribution in [0, 0.1) is 3.95 Å². The SMILES string of the molecule is COc1ccc(C(=O)n2c(O)c(/C=C3\C=Nc4ccccc43)sc2=S)cc1. The molecule has 0 aliphatic carbocycles. The zero-order chi connectivity index (χ0) is 19.0. The Labute approximate surface area is 164 Å². The lowest BCUT2D eigenvalue weighted by molar-refractivity contribution is 0.0950. The summed E-state index contributed by atoms with van der Waals surface area (Å²) in [6.45, 7) is 0. The summed E-state index contributed by atoms with van der Waals surface area (Å²) < 4.78 is 6.53. The number of hydrogen-bond donors (Lipinski definition) is 1. The Morgan fingerprint density at radius 2 is 1.96 bits per heavy atom. The van der Waals surface area contributed by atoms with Crippen LogP contribution in [0.5, 0.6) is 11.6 Å². The molecular formula is C20H14N2O3S2. The second-order valence-corrected chi connectivity index (χ2v) is 7.48. The third-order valence-corrected chi connectivity index (χ3v) is 5.51. The number of aromatic nitrogens is 1. The second kappa shape index (κ2) is 6.94. The highest BCUT2D eigenvalue weighted by Crippen LogP contribution is 2.36. The number of benzene rings is 2. The maximum atomic E-state index is 12.8. The summed E-state index contributed by atoms with van der Waals surface area (Å²) in [5, 5.41) is 10.6. The summed E-state index contributed by atoms with van der Waals surface area (Å²) in [6, 6.07) is 14.4. The first-order valence-electron chi connectivity index (χ1n) is 8.07. The van der Waals surface area contributed by atoms with Crippen LogP contribution >= 0.6 is 23.6 Å². The molecule has 5 nitrogen and oxygen atoms in total. The normalized spacial score (nSPS) is 13.7. The van der Waals surface area contributed by atoms with Gasteiger partial charge in [0.05, 0.1) is 17.7 Å². The van der Waals surface area contributed by atoms with Crippen LogP contribution in [0.3, 0.4) is 0 Å². The smallest absolute Gasteiger partial charge is 0.266 e. The molecule has 1 aromatic heterocycles. The molecule has 134 valence electrons. The molecular weight excluding hydrogens is 380 g/mol. The van der Waals surface area contributed by atoms with Crippen LogP contribution in [0.4, 0.5) is 5.69 Å². The van der Waals surface area contributed by atoms with Crippen molar-refractivity contribution in [3.63, 3.8) is 0 Å². The summed E-state index contributed by atoms with van der Waals surface area (Å²) in [6.07, 6.45) is 3.53. The third kappa shape index (κ3) is 3.11. The molecule has 3 aromatic rings. The molecule has 0 bridgehead atoms. The maximum absolute atomic E-state index is 12.8. The molecule has 0 unspecified atom stereocenters. The molecule has 1 aliphatic heterocycles. The first-order valence-corrected chi connectivity index (χ1v) is 9.29. The van der Waals surface area contributed by atoms with Gasteiger partial charge >= 0.3 is 0 Å². The minimum atomic E-state index is -0.387. The number of carbonyl (C=O) groups excluding carboxylic acids is 1. The summed E-state index contributed by atoms with van der Waals surface area (Å²) in [5.74, 6) is 0.0898. The molecule has 4 rings (SSSR count). The van der Waals surface area contributed by atoms with Crippen LogP contribution < -0.4 is 4.74 Å². The van der Waals surface area contributed by atoms with Gasteiger partial charge in [-0.15, -0.1) is 11.3 Å². The van der Waals surface area contributed by atoms with Gasteiger partial charge in [0.2, 0.25) is 5.88 Å². The molecule has 7 heteroatoms. The van der Waals surface area contributed by atoms with Gasteiger partial charge in [0.15, 0.2) is 3.95 Å². The summed E-state index contributed by atoms with van der Waals surface area (Å²) in [4.78, 5) is 17.7. The zero-order valence-electron chi connectivity index (χ0n) is 14.2. The zero-order valence-corrected chi connectivity index (χ0v) is 15.9. The van der Waals surface area contributed by atoms with Gasteiger partial charge < -0.3 is 9.84 Å². The van der Waals surface area contributed by atoms with E-state index in [-0.39, 0.29) is 15.7 Å². The third-order valence-electron chi connectivity index (χ3n) is 4.20. The Kier molecular flexibility index (Phi) is 4.47. The number of ether oxygens (including phenoxy) is 1. The lowest BCUT2D eigenvalue weighted by atomic mass is 10.1. The van der Waals surface area contributed by atoms with E-state index in [1.54, 1.807) is 43.7 Å². The highest BCUT2D eigenvalue weighted by Gasteiger charge is 2.20. The Hall–Kier alpha value is -3.03. The van der Waals surface area contributed by atoms with E-state index >= 15 is 0 Å². The fraction of sp³-hybridized carbons (Fsp3) is 0.0500. The number of allylic oxidation sites excluding steroid dienone is 1. The number of aromatic hydroxyl groups is 1. The molecule has 0 atom stereocenters. The number of aliphatic imine (C=N–C) groups is 1. The Balaban J connectivity index is 1.72. The molecule has 0 radical (unpaired) electrons. The van der Waals surface area contributed by atoms with E-state index in [4.69, 9.17) is 17.0 Å². The van der Waals surface area contributed by atoms with Crippen LogP contribution in [0.1, 0.15) is 20.8 Å². The molecule has 0 amide bonds. The van der Waals surface area contributed by atoms with Crippen molar-refractivity contribution >= 4 is 53.0 Å². The molecule has 1 aliphatic rings. The van der Waals surface area contributed by atoms with E-state index in [1.807, 2.05) is 24.3 Å². The van der Waals surface area contributed by atoms with E-state index in [9.17, 15) is 9.90 Å². The van der Waals surface area contributed by atoms with E-state index in [0.717, 1.165) is 21.4 Å². The van der Waals surface area contributed by atoms with E-state index in [1.165, 1.54) is 11.3 Å². The Bertz CT molecular complexity index is 1150. The van der Waals surface area contributed by atoms with Crippen LogP contribution in [0.2, 0.25) is 0 Å². The number of methoxy groups -OCH3 is 1. The topological polar surface area (TPSA) is 63.8 Å². The molecule has 0 spiro atoms. The number of para-hydroxylation sites is 1. The average Bonchev–Trinajstić information content (AvgIpc) is 3.22. The van der Waals surface area contributed by atoms with Crippen molar-refractivity contribution < 1.29 is 14.6 Å². The molecule has 27 heavy (non-hydrogen) atoms.